The Labute approximate surface area is 99.4 Å². The van der Waals surface area contributed by atoms with Crippen LogP contribution in [0.3, 0.4) is 0 Å². The highest BCUT2D eigenvalue weighted by atomic mass is 32.2. The summed E-state index contributed by atoms with van der Waals surface area (Å²) < 4.78 is 22.9. The molecule has 1 aromatic heterocycles. The van der Waals surface area contributed by atoms with Gasteiger partial charge in [-0.05, 0) is 30.5 Å². The Hall–Kier alpha value is -1.43. The second-order valence-electron chi connectivity index (χ2n) is 4.46. The third-order valence-electron chi connectivity index (χ3n) is 3.13. The molecule has 1 fully saturated rings. The van der Waals surface area contributed by atoms with Crippen LogP contribution >= 0.6 is 0 Å². The lowest BCUT2D eigenvalue weighted by molar-refractivity contribution is -0.147. The van der Waals surface area contributed by atoms with E-state index in [-0.39, 0.29) is 24.3 Å². The zero-order valence-corrected chi connectivity index (χ0v) is 9.98. The Kier molecular flexibility index (Phi) is 2.91. The van der Waals surface area contributed by atoms with Gasteiger partial charge >= 0.3 is 5.97 Å². The summed E-state index contributed by atoms with van der Waals surface area (Å²) in [5.74, 6) is -1.34. The van der Waals surface area contributed by atoms with E-state index in [1.54, 1.807) is 24.5 Å². The summed E-state index contributed by atoms with van der Waals surface area (Å²) in [6.45, 7) is 0. The lowest BCUT2D eigenvalue weighted by atomic mass is 9.81. The maximum absolute atomic E-state index is 11.5. The van der Waals surface area contributed by atoms with Crippen LogP contribution in [-0.4, -0.2) is 36.0 Å². The predicted octanol–water partition coefficient (Wildman–Crippen LogP) is 0.514. The van der Waals surface area contributed by atoms with E-state index in [2.05, 4.69) is 4.98 Å². The highest BCUT2D eigenvalue weighted by molar-refractivity contribution is 7.91. The molecule has 1 saturated heterocycles. The molecule has 6 heteroatoms. The number of hydrogen-bond donors (Lipinski definition) is 1. The van der Waals surface area contributed by atoms with Gasteiger partial charge in [0, 0.05) is 12.4 Å². The minimum Gasteiger partial charge on any atom is -0.481 e. The summed E-state index contributed by atoms with van der Waals surface area (Å²) in [7, 11) is -3.22. The molecule has 92 valence electrons. The van der Waals surface area contributed by atoms with Crippen LogP contribution in [0.15, 0.2) is 24.5 Å². The number of carboxylic acids is 1. The zero-order valence-electron chi connectivity index (χ0n) is 9.17. The molecule has 0 aliphatic carbocycles. The minimum absolute atomic E-state index is 0.0373. The number of carboxylic acid groups (broad SMARTS) is 1. The minimum atomic E-state index is -3.22. The van der Waals surface area contributed by atoms with Crippen molar-refractivity contribution < 1.29 is 18.3 Å². The summed E-state index contributed by atoms with van der Waals surface area (Å²) in [5, 5.41) is 9.28. The van der Waals surface area contributed by atoms with Crippen LogP contribution in [0.4, 0.5) is 0 Å². The number of aromatic nitrogens is 1. The van der Waals surface area contributed by atoms with E-state index >= 15 is 0 Å². The van der Waals surface area contributed by atoms with Crippen molar-refractivity contribution in [2.45, 2.75) is 12.8 Å². The molecule has 0 spiro atoms. The Bertz CT molecular complexity index is 526. The fourth-order valence-electron chi connectivity index (χ4n) is 2.19. The maximum Gasteiger partial charge on any atom is 0.311 e. The van der Waals surface area contributed by atoms with Gasteiger partial charge in [-0.2, -0.15) is 0 Å². The van der Waals surface area contributed by atoms with E-state index in [0.29, 0.717) is 0 Å². The standard InChI is InChI=1S/C11H13NO4S/c13-10(14)11(3-6-17(15,16)8-11)7-9-1-4-12-5-2-9/h1-2,4-5H,3,6-8H2,(H,13,14). The topological polar surface area (TPSA) is 84.3 Å². The first-order chi connectivity index (χ1) is 7.94. The van der Waals surface area contributed by atoms with Crippen LogP contribution < -0.4 is 0 Å². The molecule has 1 unspecified atom stereocenters. The molecule has 2 rings (SSSR count). The first kappa shape index (κ1) is 12.0. The number of aliphatic carboxylic acids is 1. The molecule has 17 heavy (non-hydrogen) atoms. The van der Waals surface area contributed by atoms with Crippen molar-refractivity contribution in [2.75, 3.05) is 11.5 Å². The molecule has 0 radical (unpaired) electrons. The average Bonchev–Trinajstić information content (AvgIpc) is 2.57. The van der Waals surface area contributed by atoms with Gasteiger partial charge in [0.2, 0.25) is 0 Å². The maximum atomic E-state index is 11.5. The number of carbonyl (C=O) groups is 1. The van der Waals surface area contributed by atoms with E-state index in [0.717, 1.165) is 5.56 Å². The second kappa shape index (κ2) is 4.10. The fourth-order valence-corrected chi connectivity index (χ4v) is 4.25. The average molecular weight is 255 g/mol. The first-order valence-corrected chi connectivity index (χ1v) is 7.08. The van der Waals surface area contributed by atoms with Gasteiger partial charge in [0.05, 0.1) is 16.9 Å². The van der Waals surface area contributed by atoms with Gasteiger partial charge in [0.1, 0.15) is 0 Å². The quantitative estimate of drug-likeness (QED) is 0.850. The van der Waals surface area contributed by atoms with Gasteiger partial charge in [0.15, 0.2) is 9.84 Å². The molecule has 0 saturated carbocycles. The van der Waals surface area contributed by atoms with Crippen LogP contribution in [0.1, 0.15) is 12.0 Å². The highest BCUT2D eigenvalue weighted by Crippen LogP contribution is 2.36. The summed E-state index contributed by atoms with van der Waals surface area (Å²) in [4.78, 5) is 15.2. The number of rotatable bonds is 3. The van der Waals surface area contributed by atoms with Gasteiger partial charge in [0.25, 0.3) is 0 Å². The van der Waals surface area contributed by atoms with Crippen molar-refractivity contribution in [3.05, 3.63) is 30.1 Å². The number of nitrogens with zero attached hydrogens (tertiary/aromatic N) is 1. The molecule has 0 bridgehead atoms. The molecule has 1 atom stereocenters. The van der Waals surface area contributed by atoms with Crippen LogP contribution in [0.2, 0.25) is 0 Å². The predicted molar refractivity (Wildman–Crippen MR) is 61.3 cm³/mol. The molecular weight excluding hydrogens is 242 g/mol. The van der Waals surface area contributed by atoms with Crippen molar-refractivity contribution in [1.29, 1.82) is 0 Å². The van der Waals surface area contributed by atoms with Crippen molar-refractivity contribution in [3.63, 3.8) is 0 Å². The second-order valence-corrected chi connectivity index (χ2v) is 6.64. The molecule has 1 N–H and O–H groups in total. The Morgan fingerprint density at radius 1 is 1.41 bits per heavy atom. The molecule has 1 aliphatic rings. The SMILES string of the molecule is O=C(O)C1(Cc2ccncc2)CCS(=O)(=O)C1. The lowest BCUT2D eigenvalue weighted by Crippen LogP contribution is -2.34. The Morgan fingerprint density at radius 3 is 2.53 bits per heavy atom. The van der Waals surface area contributed by atoms with Crippen LogP contribution in [0.5, 0.6) is 0 Å². The molecule has 0 aromatic carbocycles. The van der Waals surface area contributed by atoms with Crippen LogP contribution in [0.25, 0.3) is 0 Å². The third kappa shape index (κ3) is 2.46. The molecule has 0 amide bonds. The molecule has 5 nitrogen and oxygen atoms in total. The van der Waals surface area contributed by atoms with Crippen LogP contribution in [0, 0.1) is 5.41 Å². The highest BCUT2D eigenvalue weighted by Gasteiger charge is 2.48. The fraction of sp³-hybridized carbons (Fsp3) is 0.455. The normalized spacial score (nSPS) is 26.8. The van der Waals surface area contributed by atoms with E-state index in [9.17, 15) is 18.3 Å². The smallest absolute Gasteiger partial charge is 0.311 e. The van der Waals surface area contributed by atoms with E-state index in [4.69, 9.17) is 0 Å². The largest absolute Gasteiger partial charge is 0.481 e. The monoisotopic (exact) mass is 255 g/mol. The van der Waals surface area contributed by atoms with E-state index in [1.165, 1.54) is 0 Å². The van der Waals surface area contributed by atoms with Crippen LogP contribution in [-0.2, 0) is 21.1 Å². The van der Waals surface area contributed by atoms with E-state index in [1.807, 2.05) is 0 Å². The van der Waals surface area contributed by atoms with Crippen molar-refractivity contribution >= 4 is 15.8 Å². The summed E-state index contributed by atoms with van der Waals surface area (Å²) in [6, 6.07) is 3.44. The van der Waals surface area contributed by atoms with Crippen molar-refractivity contribution in [1.82, 2.24) is 4.98 Å². The lowest BCUT2D eigenvalue weighted by Gasteiger charge is -2.22. The van der Waals surface area contributed by atoms with Gasteiger partial charge in [-0.1, -0.05) is 0 Å². The van der Waals surface area contributed by atoms with Gasteiger partial charge in [-0.3, -0.25) is 9.78 Å². The number of sulfone groups is 1. The Morgan fingerprint density at radius 2 is 2.06 bits per heavy atom. The van der Waals surface area contributed by atoms with Crippen molar-refractivity contribution in [3.8, 4) is 0 Å². The molecule has 1 aromatic rings. The molecular formula is C11H13NO4S. The molecule has 2 heterocycles. The van der Waals surface area contributed by atoms with Gasteiger partial charge < -0.3 is 5.11 Å². The van der Waals surface area contributed by atoms with Gasteiger partial charge in [-0.25, -0.2) is 8.42 Å². The summed E-state index contributed by atoms with van der Waals surface area (Å²) in [5.41, 5.74) is -0.361. The zero-order chi connectivity index (χ0) is 12.5. The third-order valence-corrected chi connectivity index (χ3v) is 4.95. The van der Waals surface area contributed by atoms with E-state index < -0.39 is 21.2 Å². The summed E-state index contributed by atoms with van der Waals surface area (Å²) in [6.07, 6.45) is 3.58. The van der Waals surface area contributed by atoms with Gasteiger partial charge in [-0.15, -0.1) is 0 Å². The number of hydrogen-bond acceptors (Lipinski definition) is 4. The number of pyridine rings is 1. The first-order valence-electron chi connectivity index (χ1n) is 5.26. The Balaban J connectivity index is 2.29. The molecule has 1 aliphatic heterocycles. The summed E-state index contributed by atoms with van der Waals surface area (Å²) >= 11 is 0. The van der Waals surface area contributed by atoms with Crippen molar-refractivity contribution in [2.24, 2.45) is 5.41 Å².